The number of rotatable bonds is 8. The Hall–Kier alpha value is -1.87. The first-order valence-corrected chi connectivity index (χ1v) is 10.6. The molecule has 1 aliphatic rings. The van der Waals surface area contributed by atoms with Crippen LogP contribution in [0.1, 0.15) is 38.1 Å². The van der Waals surface area contributed by atoms with Gasteiger partial charge in [-0.3, -0.25) is 4.90 Å². The zero-order valence-electron chi connectivity index (χ0n) is 18.2. The Kier molecular flexibility index (Phi) is 10.4. The second-order valence-corrected chi connectivity index (χ2v) is 7.80. The van der Waals surface area contributed by atoms with Gasteiger partial charge in [0.25, 0.3) is 0 Å². The van der Waals surface area contributed by atoms with Crippen LogP contribution in [0.4, 0.5) is 0 Å². The fourth-order valence-electron chi connectivity index (χ4n) is 3.70. The van der Waals surface area contributed by atoms with E-state index in [0.29, 0.717) is 12.6 Å². The molecule has 1 aromatic carbocycles. The van der Waals surface area contributed by atoms with Crippen LogP contribution in [0, 0.1) is 0 Å². The number of hydrogen-bond donors (Lipinski definition) is 2. The molecule has 2 heterocycles. The largest absolute Gasteiger partial charge is 0.357 e. The molecule has 0 spiro atoms. The van der Waals surface area contributed by atoms with E-state index in [1.807, 2.05) is 18.5 Å². The van der Waals surface area contributed by atoms with Crippen LogP contribution in [-0.4, -0.2) is 52.6 Å². The molecule has 6 nitrogen and oxygen atoms in total. The first-order chi connectivity index (χ1) is 14.1. The highest BCUT2D eigenvalue weighted by atomic mass is 127. The molecule has 1 saturated heterocycles. The maximum absolute atomic E-state index is 4.80. The molecule has 2 aromatic rings. The molecule has 0 aliphatic carbocycles. The van der Waals surface area contributed by atoms with Crippen molar-refractivity contribution in [2.24, 2.45) is 4.99 Å². The number of hydrogen-bond acceptors (Lipinski definition) is 3. The van der Waals surface area contributed by atoms with Crippen molar-refractivity contribution in [3.8, 4) is 0 Å². The predicted octanol–water partition coefficient (Wildman–Crippen LogP) is 3.65. The second kappa shape index (κ2) is 12.7. The van der Waals surface area contributed by atoms with Crippen LogP contribution in [-0.2, 0) is 13.1 Å². The van der Waals surface area contributed by atoms with Gasteiger partial charge in [-0.25, -0.2) is 9.98 Å². The summed E-state index contributed by atoms with van der Waals surface area (Å²) in [6, 6.07) is 10.9. The summed E-state index contributed by atoms with van der Waals surface area (Å²) in [5, 5.41) is 6.99. The zero-order chi connectivity index (χ0) is 20.5. The van der Waals surface area contributed by atoms with Crippen molar-refractivity contribution >= 4 is 29.9 Å². The molecule has 30 heavy (non-hydrogen) atoms. The van der Waals surface area contributed by atoms with Gasteiger partial charge in [0.15, 0.2) is 5.96 Å². The normalized spacial score (nSPS) is 15.5. The minimum absolute atomic E-state index is 0. The van der Waals surface area contributed by atoms with E-state index < -0.39 is 0 Å². The Balaban J connectivity index is 0.00000320. The Morgan fingerprint density at radius 2 is 1.97 bits per heavy atom. The van der Waals surface area contributed by atoms with Crippen molar-refractivity contribution in [2.75, 3.05) is 26.2 Å². The Labute approximate surface area is 197 Å². The number of nitrogens with zero attached hydrogens (tertiary/aromatic N) is 4. The summed E-state index contributed by atoms with van der Waals surface area (Å²) in [6.07, 6.45) is 6.13. The molecule has 3 rings (SSSR count). The lowest BCUT2D eigenvalue weighted by atomic mass is 10.0. The number of likely N-dealkylation sites (tertiary alicyclic amines) is 1. The number of imidazole rings is 1. The Morgan fingerprint density at radius 3 is 2.63 bits per heavy atom. The van der Waals surface area contributed by atoms with Crippen LogP contribution in [0.5, 0.6) is 0 Å². The van der Waals surface area contributed by atoms with E-state index in [4.69, 9.17) is 4.99 Å². The van der Waals surface area contributed by atoms with Crippen LogP contribution >= 0.6 is 24.0 Å². The molecule has 0 amide bonds. The van der Waals surface area contributed by atoms with E-state index in [9.17, 15) is 0 Å². The first-order valence-electron chi connectivity index (χ1n) is 10.6. The van der Waals surface area contributed by atoms with Gasteiger partial charge in [-0.1, -0.05) is 42.5 Å². The number of benzene rings is 1. The summed E-state index contributed by atoms with van der Waals surface area (Å²) in [5.41, 5.74) is 2.50. The number of halogens is 1. The van der Waals surface area contributed by atoms with Crippen LogP contribution in [0.3, 0.4) is 0 Å². The topological polar surface area (TPSA) is 57.5 Å². The molecule has 0 radical (unpaired) electrons. The fourth-order valence-corrected chi connectivity index (χ4v) is 3.70. The highest BCUT2D eigenvalue weighted by Crippen LogP contribution is 2.12. The molecule has 7 heteroatoms. The van der Waals surface area contributed by atoms with Crippen molar-refractivity contribution in [3.05, 3.63) is 66.3 Å². The molecule has 1 aliphatic heterocycles. The van der Waals surface area contributed by atoms with Gasteiger partial charge >= 0.3 is 0 Å². The zero-order valence-corrected chi connectivity index (χ0v) is 20.5. The van der Waals surface area contributed by atoms with Crippen LogP contribution in [0.15, 0.2) is 59.9 Å². The lowest BCUT2D eigenvalue weighted by molar-refractivity contribution is 0.221. The maximum atomic E-state index is 4.80. The van der Waals surface area contributed by atoms with Gasteiger partial charge in [0.1, 0.15) is 12.4 Å². The summed E-state index contributed by atoms with van der Waals surface area (Å²) in [4.78, 5) is 11.8. The molecule has 0 atom stereocenters. The summed E-state index contributed by atoms with van der Waals surface area (Å²) >= 11 is 0. The maximum Gasteiger partial charge on any atom is 0.191 e. The number of guanidine groups is 1. The van der Waals surface area contributed by atoms with E-state index in [0.717, 1.165) is 57.3 Å². The predicted molar refractivity (Wildman–Crippen MR) is 135 cm³/mol. The van der Waals surface area contributed by atoms with E-state index in [-0.39, 0.29) is 24.0 Å². The summed E-state index contributed by atoms with van der Waals surface area (Å²) in [7, 11) is 0. The van der Waals surface area contributed by atoms with E-state index >= 15 is 0 Å². The van der Waals surface area contributed by atoms with Gasteiger partial charge in [-0.2, -0.15) is 0 Å². The van der Waals surface area contributed by atoms with Crippen LogP contribution in [0.2, 0.25) is 0 Å². The summed E-state index contributed by atoms with van der Waals surface area (Å²) < 4.78 is 2.17. The molecule has 1 fully saturated rings. The number of piperidine rings is 1. The van der Waals surface area contributed by atoms with Crippen LogP contribution in [0.25, 0.3) is 0 Å². The molecule has 1 aromatic heterocycles. The average Bonchev–Trinajstić information content (AvgIpc) is 3.15. The van der Waals surface area contributed by atoms with Gasteiger partial charge in [0.2, 0.25) is 0 Å². The van der Waals surface area contributed by atoms with Gasteiger partial charge in [0, 0.05) is 51.2 Å². The van der Waals surface area contributed by atoms with Crippen LogP contribution < -0.4 is 10.6 Å². The molecule has 0 bridgehead atoms. The SMILES string of the molecule is C=C(C)CN1CCC(NC(=NCc2nccn2Cc2ccccc2)NCC)CC1.I. The number of nitrogens with one attached hydrogen (secondary N) is 2. The monoisotopic (exact) mass is 522 g/mol. The van der Waals surface area contributed by atoms with E-state index in [1.54, 1.807) is 0 Å². The summed E-state index contributed by atoms with van der Waals surface area (Å²) in [5.74, 6) is 1.85. The quantitative estimate of drug-likeness (QED) is 0.241. The first kappa shape index (κ1) is 24.4. The lowest BCUT2D eigenvalue weighted by Gasteiger charge is -2.33. The highest BCUT2D eigenvalue weighted by molar-refractivity contribution is 14.0. The van der Waals surface area contributed by atoms with Gasteiger partial charge < -0.3 is 15.2 Å². The number of aliphatic imine (C=N–C) groups is 1. The Morgan fingerprint density at radius 1 is 1.23 bits per heavy atom. The van der Waals surface area contributed by atoms with Crippen molar-refractivity contribution in [3.63, 3.8) is 0 Å². The third kappa shape index (κ3) is 7.75. The Bertz CT molecular complexity index is 793. The molecular weight excluding hydrogens is 487 g/mol. The third-order valence-corrected chi connectivity index (χ3v) is 5.14. The van der Waals surface area contributed by atoms with E-state index in [2.05, 4.69) is 69.8 Å². The smallest absolute Gasteiger partial charge is 0.191 e. The molecular formula is C23H35IN6. The molecule has 0 unspecified atom stereocenters. The minimum atomic E-state index is 0. The summed E-state index contributed by atoms with van der Waals surface area (Å²) in [6.45, 7) is 13.7. The molecule has 164 valence electrons. The van der Waals surface area contributed by atoms with Crippen molar-refractivity contribution < 1.29 is 0 Å². The molecule has 2 N–H and O–H groups in total. The van der Waals surface area contributed by atoms with E-state index in [1.165, 1.54) is 11.1 Å². The fraction of sp³-hybridized carbons (Fsp3) is 0.478. The highest BCUT2D eigenvalue weighted by Gasteiger charge is 2.19. The lowest BCUT2D eigenvalue weighted by Crippen LogP contribution is -2.48. The van der Waals surface area contributed by atoms with Crippen molar-refractivity contribution in [1.29, 1.82) is 0 Å². The van der Waals surface area contributed by atoms with Crippen molar-refractivity contribution in [2.45, 2.75) is 45.8 Å². The van der Waals surface area contributed by atoms with Crippen molar-refractivity contribution in [1.82, 2.24) is 25.1 Å². The van der Waals surface area contributed by atoms with Gasteiger partial charge in [-0.15, -0.1) is 24.0 Å². The standard InChI is InChI=1S/C23H34N6.HI/c1-4-24-23(27-21-10-13-28(14-11-21)17-19(2)3)26-16-22-25-12-15-29(22)18-20-8-6-5-7-9-20;/h5-9,12,15,21H,2,4,10-11,13-14,16-18H2,1,3H3,(H2,24,26,27);1H. The average molecular weight is 522 g/mol. The van der Waals surface area contributed by atoms with Gasteiger partial charge in [-0.05, 0) is 32.3 Å². The third-order valence-electron chi connectivity index (χ3n) is 5.14. The van der Waals surface area contributed by atoms with Gasteiger partial charge in [0.05, 0.1) is 0 Å². The minimum Gasteiger partial charge on any atom is -0.357 e. The number of aromatic nitrogens is 2. The second-order valence-electron chi connectivity index (χ2n) is 7.80. The molecule has 0 saturated carbocycles.